The average Bonchev–Trinajstić information content (AvgIpc) is 2.86. The van der Waals surface area contributed by atoms with Crippen LogP contribution >= 0.6 is 0 Å². The smallest absolute Gasteiger partial charge is 0.419 e. The van der Waals surface area contributed by atoms with Crippen molar-refractivity contribution in [2.75, 3.05) is 6.61 Å². The molecule has 0 radical (unpaired) electrons. The van der Waals surface area contributed by atoms with Gasteiger partial charge in [0, 0.05) is 18.7 Å². The van der Waals surface area contributed by atoms with E-state index in [4.69, 9.17) is 14.2 Å². The van der Waals surface area contributed by atoms with Crippen LogP contribution in [0.15, 0.2) is 73.1 Å². The average molecular weight is 503 g/mol. The SMILES string of the molecule is Fc1ccc(Oc2ccc(CCOc3nc(OCc4ccccc4)ncc3F)cn2)cc1C(F)(F)F. The zero-order valence-corrected chi connectivity index (χ0v) is 18.5. The van der Waals surface area contributed by atoms with Gasteiger partial charge in [0.2, 0.25) is 11.7 Å². The van der Waals surface area contributed by atoms with Crippen LogP contribution in [-0.2, 0) is 19.2 Å². The molecule has 4 rings (SSSR count). The molecule has 186 valence electrons. The topological polar surface area (TPSA) is 66.4 Å². The van der Waals surface area contributed by atoms with E-state index in [2.05, 4.69) is 15.0 Å². The Morgan fingerprint density at radius 1 is 0.778 bits per heavy atom. The summed E-state index contributed by atoms with van der Waals surface area (Å²) < 4.78 is 82.2. The maximum Gasteiger partial charge on any atom is 0.419 e. The molecule has 0 unspecified atom stereocenters. The molecule has 0 saturated heterocycles. The van der Waals surface area contributed by atoms with Crippen LogP contribution in [0.4, 0.5) is 22.0 Å². The first kappa shape index (κ1) is 24.8. The van der Waals surface area contributed by atoms with Gasteiger partial charge in [-0.25, -0.2) is 14.4 Å². The Morgan fingerprint density at radius 3 is 2.31 bits per heavy atom. The van der Waals surface area contributed by atoms with Crippen LogP contribution in [0.5, 0.6) is 23.5 Å². The number of hydrogen-bond donors (Lipinski definition) is 0. The lowest BCUT2D eigenvalue weighted by Crippen LogP contribution is -2.08. The van der Waals surface area contributed by atoms with Crippen molar-refractivity contribution in [3.8, 4) is 23.5 Å². The first-order valence-electron chi connectivity index (χ1n) is 10.6. The summed E-state index contributed by atoms with van der Waals surface area (Å²) in [6, 6.07) is 14.7. The Balaban J connectivity index is 1.31. The van der Waals surface area contributed by atoms with E-state index in [1.165, 1.54) is 12.3 Å². The Labute approximate surface area is 202 Å². The molecular weight excluding hydrogens is 485 g/mol. The molecule has 2 aromatic carbocycles. The minimum absolute atomic E-state index is 0.0152. The van der Waals surface area contributed by atoms with Crippen molar-refractivity contribution < 1.29 is 36.2 Å². The molecular formula is C25H18F5N3O3. The Morgan fingerprint density at radius 2 is 1.58 bits per heavy atom. The third-order valence-electron chi connectivity index (χ3n) is 4.79. The highest BCUT2D eigenvalue weighted by molar-refractivity contribution is 5.34. The summed E-state index contributed by atoms with van der Waals surface area (Å²) in [5, 5.41) is 0. The molecule has 6 nitrogen and oxygen atoms in total. The first-order valence-corrected chi connectivity index (χ1v) is 10.6. The monoisotopic (exact) mass is 503 g/mol. The molecule has 0 atom stereocenters. The summed E-state index contributed by atoms with van der Waals surface area (Å²) >= 11 is 0. The van der Waals surface area contributed by atoms with Crippen LogP contribution in [0.1, 0.15) is 16.7 Å². The normalized spacial score (nSPS) is 11.2. The van der Waals surface area contributed by atoms with E-state index >= 15 is 0 Å². The van der Waals surface area contributed by atoms with Gasteiger partial charge in [0.15, 0.2) is 0 Å². The molecule has 0 N–H and O–H groups in total. The molecule has 0 aliphatic heterocycles. The van der Waals surface area contributed by atoms with Crippen LogP contribution in [0.25, 0.3) is 0 Å². The number of halogens is 5. The molecule has 0 aliphatic carbocycles. The van der Waals surface area contributed by atoms with Crippen molar-refractivity contribution in [1.29, 1.82) is 0 Å². The van der Waals surface area contributed by atoms with Crippen LogP contribution < -0.4 is 14.2 Å². The van der Waals surface area contributed by atoms with Crippen molar-refractivity contribution >= 4 is 0 Å². The minimum Gasteiger partial charge on any atom is -0.475 e. The fraction of sp³-hybridized carbons (Fsp3) is 0.160. The van der Waals surface area contributed by atoms with E-state index in [0.717, 1.165) is 17.8 Å². The van der Waals surface area contributed by atoms with Crippen molar-refractivity contribution in [2.45, 2.75) is 19.2 Å². The highest BCUT2D eigenvalue weighted by atomic mass is 19.4. The third-order valence-corrected chi connectivity index (χ3v) is 4.79. The van der Waals surface area contributed by atoms with Gasteiger partial charge >= 0.3 is 12.2 Å². The zero-order valence-electron chi connectivity index (χ0n) is 18.5. The summed E-state index contributed by atoms with van der Waals surface area (Å²) in [5.74, 6) is -2.61. The largest absolute Gasteiger partial charge is 0.475 e. The van der Waals surface area contributed by atoms with Gasteiger partial charge in [-0.3, -0.25) is 0 Å². The molecule has 0 spiro atoms. The molecule has 0 aliphatic rings. The molecule has 11 heteroatoms. The van der Waals surface area contributed by atoms with Crippen molar-refractivity contribution in [2.24, 2.45) is 0 Å². The molecule has 0 saturated carbocycles. The number of hydrogen-bond acceptors (Lipinski definition) is 6. The Hall–Kier alpha value is -4.28. The summed E-state index contributed by atoms with van der Waals surface area (Å²) in [4.78, 5) is 11.8. The quantitative estimate of drug-likeness (QED) is 0.255. The lowest BCUT2D eigenvalue weighted by atomic mass is 10.2. The molecule has 0 bridgehead atoms. The van der Waals surface area contributed by atoms with Gasteiger partial charge in [-0.1, -0.05) is 36.4 Å². The molecule has 2 heterocycles. The number of alkyl halides is 3. The first-order chi connectivity index (χ1) is 17.3. The van der Waals surface area contributed by atoms with Gasteiger partial charge in [0.25, 0.3) is 5.88 Å². The predicted octanol–water partition coefficient (Wildman–Crippen LogP) is 6.16. The second-order valence-corrected chi connectivity index (χ2v) is 7.42. The zero-order chi connectivity index (χ0) is 25.5. The lowest BCUT2D eigenvalue weighted by Gasteiger charge is -2.11. The van der Waals surface area contributed by atoms with Crippen LogP contribution in [0.2, 0.25) is 0 Å². The van der Waals surface area contributed by atoms with Gasteiger partial charge in [-0.2, -0.15) is 22.5 Å². The van der Waals surface area contributed by atoms with E-state index < -0.39 is 23.4 Å². The molecule has 36 heavy (non-hydrogen) atoms. The van der Waals surface area contributed by atoms with E-state index in [1.807, 2.05) is 30.3 Å². The van der Waals surface area contributed by atoms with E-state index in [1.54, 1.807) is 6.07 Å². The second-order valence-electron chi connectivity index (χ2n) is 7.42. The number of aromatic nitrogens is 3. The maximum atomic E-state index is 14.0. The molecule has 4 aromatic rings. The Kier molecular flexibility index (Phi) is 7.57. The highest BCUT2D eigenvalue weighted by Crippen LogP contribution is 2.34. The van der Waals surface area contributed by atoms with Crippen LogP contribution in [-0.4, -0.2) is 21.6 Å². The number of nitrogens with zero attached hydrogens (tertiary/aromatic N) is 3. The lowest BCUT2D eigenvalue weighted by molar-refractivity contribution is -0.140. The van der Waals surface area contributed by atoms with Gasteiger partial charge in [-0.15, -0.1) is 0 Å². The van der Waals surface area contributed by atoms with Gasteiger partial charge in [0.05, 0.1) is 18.4 Å². The van der Waals surface area contributed by atoms with Crippen molar-refractivity contribution in [3.63, 3.8) is 0 Å². The molecule has 0 amide bonds. The van der Waals surface area contributed by atoms with Gasteiger partial charge in [0.1, 0.15) is 18.2 Å². The van der Waals surface area contributed by atoms with E-state index in [-0.39, 0.29) is 36.7 Å². The van der Waals surface area contributed by atoms with Crippen molar-refractivity contribution in [3.05, 3.63) is 101 Å². The number of benzene rings is 2. The van der Waals surface area contributed by atoms with Crippen LogP contribution in [0.3, 0.4) is 0 Å². The van der Waals surface area contributed by atoms with E-state index in [9.17, 15) is 22.0 Å². The fourth-order valence-corrected chi connectivity index (χ4v) is 3.02. The Bertz CT molecular complexity index is 1300. The van der Waals surface area contributed by atoms with Crippen molar-refractivity contribution in [1.82, 2.24) is 15.0 Å². The van der Waals surface area contributed by atoms with Gasteiger partial charge < -0.3 is 14.2 Å². The molecule has 2 aromatic heterocycles. The van der Waals surface area contributed by atoms with Crippen LogP contribution in [0, 0.1) is 11.6 Å². The summed E-state index contributed by atoms with van der Waals surface area (Å²) in [7, 11) is 0. The predicted molar refractivity (Wildman–Crippen MR) is 118 cm³/mol. The number of ether oxygens (including phenoxy) is 3. The molecule has 0 fully saturated rings. The summed E-state index contributed by atoms with van der Waals surface area (Å²) in [6.45, 7) is 0.266. The summed E-state index contributed by atoms with van der Waals surface area (Å²) in [5.41, 5.74) is 0.153. The third kappa shape index (κ3) is 6.65. The fourth-order valence-electron chi connectivity index (χ4n) is 3.02. The maximum absolute atomic E-state index is 14.0. The highest BCUT2D eigenvalue weighted by Gasteiger charge is 2.34. The van der Waals surface area contributed by atoms with E-state index in [0.29, 0.717) is 24.1 Å². The summed E-state index contributed by atoms with van der Waals surface area (Å²) in [6.07, 6.45) is -2.14. The van der Waals surface area contributed by atoms with Gasteiger partial charge in [-0.05, 0) is 29.3 Å². The number of pyridine rings is 1. The minimum atomic E-state index is -4.85. The second kappa shape index (κ2) is 11.0. The number of rotatable bonds is 9. The standard InChI is InChI=1S/C25H18F5N3O3/c26-20-8-7-18(12-19(20)25(28,29)30)36-22-9-6-16(13-31-22)10-11-34-23-21(27)14-32-24(33-23)35-15-17-4-2-1-3-5-17/h1-9,12-14H,10-11,15H2.